The second kappa shape index (κ2) is 6.16. The lowest BCUT2D eigenvalue weighted by atomic mass is 9.96. The van der Waals surface area contributed by atoms with E-state index in [1.165, 1.54) is 0 Å². The topological polar surface area (TPSA) is 44.5 Å². The Balaban J connectivity index is 2.58. The van der Waals surface area contributed by atoms with E-state index < -0.39 is 6.04 Å². The molecule has 0 radical (unpaired) electrons. The summed E-state index contributed by atoms with van der Waals surface area (Å²) in [5, 5.41) is 0.674. The van der Waals surface area contributed by atoms with Crippen molar-refractivity contribution in [1.29, 1.82) is 0 Å². The Hall–Kier alpha value is -1.71. The second-order valence-corrected chi connectivity index (χ2v) is 4.91. The number of benzene rings is 2. The number of halogens is 1. The largest absolute Gasteiger partial charge is 0.496 e. The molecule has 2 aromatic carbocycles. The second-order valence-electron chi connectivity index (χ2n) is 4.53. The highest BCUT2D eigenvalue weighted by atomic mass is 35.5. The summed E-state index contributed by atoms with van der Waals surface area (Å²) in [7, 11) is 3.23. The van der Waals surface area contributed by atoms with Crippen LogP contribution in [0.4, 0.5) is 0 Å². The van der Waals surface area contributed by atoms with Crippen LogP contribution in [-0.2, 0) is 0 Å². The maximum absolute atomic E-state index is 6.39. The van der Waals surface area contributed by atoms with Crippen molar-refractivity contribution in [2.75, 3.05) is 14.2 Å². The zero-order chi connectivity index (χ0) is 14.7. The van der Waals surface area contributed by atoms with E-state index in [4.69, 9.17) is 26.8 Å². The summed E-state index contributed by atoms with van der Waals surface area (Å²) in [5.41, 5.74) is 9.04. The van der Waals surface area contributed by atoms with Gasteiger partial charge in [-0.1, -0.05) is 35.9 Å². The third-order valence-corrected chi connectivity index (χ3v) is 3.85. The van der Waals surface area contributed by atoms with Crippen LogP contribution in [0.5, 0.6) is 11.5 Å². The van der Waals surface area contributed by atoms with E-state index in [9.17, 15) is 0 Å². The molecule has 0 amide bonds. The zero-order valence-electron chi connectivity index (χ0n) is 11.8. The van der Waals surface area contributed by atoms with Crippen molar-refractivity contribution in [3.05, 3.63) is 58.1 Å². The van der Waals surface area contributed by atoms with E-state index in [1.807, 2.05) is 43.3 Å². The molecule has 1 unspecified atom stereocenters. The van der Waals surface area contributed by atoms with Gasteiger partial charge < -0.3 is 15.2 Å². The van der Waals surface area contributed by atoms with Gasteiger partial charge in [0.1, 0.15) is 11.5 Å². The summed E-state index contributed by atoms with van der Waals surface area (Å²) in [6, 6.07) is 11.0. The number of rotatable bonds is 4. The van der Waals surface area contributed by atoms with Gasteiger partial charge in [-0.2, -0.15) is 0 Å². The molecule has 0 aliphatic rings. The number of nitrogens with two attached hydrogens (primary N) is 1. The van der Waals surface area contributed by atoms with Gasteiger partial charge in [0.25, 0.3) is 0 Å². The molecule has 0 saturated heterocycles. The van der Waals surface area contributed by atoms with Crippen molar-refractivity contribution >= 4 is 11.6 Å². The first-order valence-corrected chi connectivity index (χ1v) is 6.69. The van der Waals surface area contributed by atoms with Crippen LogP contribution in [0.1, 0.15) is 22.7 Å². The van der Waals surface area contributed by atoms with Gasteiger partial charge >= 0.3 is 0 Å². The SMILES string of the molecule is COc1cccc(OC)c1C(N)c1cccc(C)c1Cl. The Kier molecular flexibility index (Phi) is 4.53. The minimum Gasteiger partial charge on any atom is -0.496 e. The Labute approximate surface area is 124 Å². The molecule has 0 bridgehead atoms. The molecule has 0 heterocycles. The van der Waals surface area contributed by atoms with Gasteiger partial charge in [0, 0.05) is 5.02 Å². The predicted molar refractivity (Wildman–Crippen MR) is 81.8 cm³/mol. The average molecular weight is 292 g/mol. The quantitative estimate of drug-likeness (QED) is 0.934. The highest BCUT2D eigenvalue weighted by Gasteiger charge is 2.21. The maximum atomic E-state index is 6.39. The average Bonchev–Trinajstić information content (AvgIpc) is 2.48. The molecule has 4 heteroatoms. The molecule has 0 aliphatic carbocycles. The van der Waals surface area contributed by atoms with Gasteiger partial charge in [-0.3, -0.25) is 0 Å². The molecule has 0 aromatic heterocycles. The Bertz CT molecular complexity index is 591. The third-order valence-electron chi connectivity index (χ3n) is 3.33. The molecular formula is C16H18ClNO2. The highest BCUT2D eigenvalue weighted by molar-refractivity contribution is 6.32. The number of ether oxygens (including phenoxy) is 2. The van der Waals surface area contributed by atoms with E-state index >= 15 is 0 Å². The zero-order valence-corrected chi connectivity index (χ0v) is 12.6. The number of aryl methyl sites for hydroxylation is 1. The molecule has 2 aromatic rings. The van der Waals surface area contributed by atoms with Crippen molar-refractivity contribution in [3.8, 4) is 11.5 Å². The smallest absolute Gasteiger partial charge is 0.127 e. The fourth-order valence-electron chi connectivity index (χ4n) is 2.25. The summed E-state index contributed by atoms with van der Waals surface area (Å²) in [5.74, 6) is 1.38. The first-order valence-electron chi connectivity index (χ1n) is 6.31. The summed E-state index contributed by atoms with van der Waals surface area (Å²) in [6.45, 7) is 1.96. The van der Waals surface area contributed by atoms with Crippen LogP contribution in [0, 0.1) is 6.92 Å². The lowest BCUT2D eigenvalue weighted by Gasteiger charge is -2.20. The van der Waals surface area contributed by atoms with Crippen molar-refractivity contribution in [2.24, 2.45) is 5.73 Å². The van der Waals surface area contributed by atoms with Crippen LogP contribution in [-0.4, -0.2) is 14.2 Å². The predicted octanol–water partition coefficient (Wildman–Crippen LogP) is 3.71. The van der Waals surface area contributed by atoms with Crippen LogP contribution >= 0.6 is 11.6 Å². The van der Waals surface area contributed by atoms with E-state index in [0.29, 0.717) is 16.5 Å². The molecule has 106 valence electrons. The Morgan fingerprint density at radius 1 is 1.00 bits per heavy atom. The van der Waals surface area contributed by atoms with E-state index in [-0.39, 0.29) is 0 Å². The molecule has 1 atom stereocenters. The van der Waals surface area contributed by atoms with Crippen molar-refractivity contribution in [1.82, 2.24) is 0 Å². The van der Waals surface area contributed by atoms with E-state index in [2.05, 4.69) is 0 Å². The minimum absolute atomic E-state index is 0.409. The Morgan fingerprint density at radius 2 is 1.55 bits per heavy atom. The molecule has 0 aliphatic heterocycles. The molecule has 20 heavy (non-hydrogen) atoms. The lowest BCUT2D eigenvalue weighted by molar-refractivity contribution is 0.382. The molecule has 0 fully saturated rings. The normalized spacial score (nSPS) is 12.1. The molecule has 0 spiro atoms. The van der Waals surface area contributed by atoms with Crippen LogP contribution in [0.3, 0.4) is 0 Å². The van der Waals surface area contributed by atoms with Gasteiger partial charge in [-0.05, 0) is 30.2 Å². The number of hydrogen-bond acceptors (Lipinski definition) is 3. The third kappa shape index (κ3) is 2.60. The highest BCUT2D eigenvalue weighted by Crippen LogP contribution is 2.38. The molecule has 3 nitrogen and oxygen atoms in total. The Morgan fingerprint density at radius 3 is 2.10 bits per heavy atom. The van der Waals surface area contributed by atoms with Gasteiger partial charge in [0.05, 0.1) is 25.8 Å². The fourth-order valence-corrected chi connectivity index (χ4v) is 2.50. The first-order chi connectivity index (χ1) is 9.60. The van der Waals surface area contributed by atoms with Crippen molar-refractivity contribution < 1.29 is 9.47 Å². The standard InChI is InChI=1S/C16H18ClNO2/c1-10-6-4-7-11(15(10)17)16(18)14-12(19-2)8-5-9-13(14)20-3/h4-9,16H,18H2,1-3H3. The molecule has 2 N–H and O–H groups in total. The maximum Gasteiger partial charge on any atom is 0.127 e. The molecule has 0 saturated carbocycles. The first kappa shape index (κ1) is 14.7. The summed E-state index contributed by atoms with van der Waals surface area (Å²) >= 11 is 6.37. The fraction of sp³-hybridized carbons (Fsp3) is 0.250. The van der Waals surface area contributed by atoms with Crippen LogP contribution in [0.25, 0.3) is 0 Å². The van der Waals surface area contributed by atoms with Crippen LogP contribution < -0.4 is 15.2 Å². The van der Waals surface area contributed by atoms with Gasteiger partial charge in [0.15, 0.2) is 0 Å². The summed E-state index contributed by atoms with van der Waals surface area (Å²) in [6.07, 6.45) is 0. The van der Waals surface area contributed by atoms with Gasteiger partial charge in [-0.25, -0.2) is 0 Å². The molecule has 2 rings (SSSR count). The summed E-state index contributed by atoms with van der Waals surface area (Å²) < 4.78 is 10.8. The van der Waals surface area contributed by atoms with Gasteiger partial charge in [0.2, 0.25) is 0 Å². The van der Waals surface area contributed by atoms with Crippen molar-refractivity contribution in [3.63, 3.8) is 0 Å². The monoisotopic (exact) mass is 291 g/mol. The van der Waals surface area contributed by atoms with E-state index in [1.54, 1.807) is 14.2 Å². The summed E-state index contributed by atoms with van der Waals surface area (Å²) in [4.78, 5) is 0. The van der Waals surface area contributed by atoms with Crippen molar-refractivity contribution in [2.45, 2.75) is 13.0 Å². The lowest BCUT2D eigenvalue weighted by Crippen LogP contribution is -2.15. The minimum atomic E-state index is -0.409. The van der Waals surface area contributed by atoms with E-state index in [0.717, 1.165) is 16.7 Å². The van der Waals surface area contributed by atoms with Gasteiger partial charge in [-0.15, -0.1) is 0 Å². The number of hydrogen-bond donors (Lipinski definition) is 1. The van der Waals surface area contributed by atoms with Crippen LogP contribution in [0.2, 0.25) is 5.02 Å². The number of methoxy groups -OCH3 is 2. The van der Waals surface area contributed by atoms with Crippen LogP contribution in [0.15, 0.2) is 36.4 Å². The molecular weight excluding hydrogens is 274 g/mol.